The van der Waals surface area contributed by atoms with Gasteiger partial charge in [0, 0.05) is 5.41 Å². The van der Waals surface area contributed by atoms with E-state index in [1.54, 1.807) is 0 Å². The predicted octanol–water partition coefficient (Wildman–Crippen LogP) is 2.47. The van der Waals surface area contributed by atoms with Crippen LogP contribution >= 0.6 is 0 Å². The molecule has 0 atom stereocenters. The van der Waals surface area contributed by atoms with Crippen LogP contribution in [0.2, 0.25) is 0 Å². The second kappa shape index (κ2) is 5.18. The van der Waals surface area contributed by atoms with E-state index in [2.05, 4.69) is 0 Å². The molecular weight excluding hydrogens is 150 g/mol. The molecule has 0 spiro atoms. The highest BCUT2D eigenvalue weighted by atomic mass is 16.1. The van der Waals surface area contributed by atoms with Gasteiger partial charge in [-0.2, -0.15) is 0 Å². The van der Waals surface area contributed by atoms with Gasteiger partial charge in [-0.05, 0) is 12.8 Å². The molecule has 0 radical (unpaired) electrons. The lowest BCUT2D eigenvalue weighted by molar-refractivity contribution is -0.128. The lowest BCUT2D eigenvalue weighted by atomic mass is 9.75. The SMILES string of the molecule is CC.CC1(C(N)=O)CCCCC1. The summed E-state index contributed by atoms with van der Waals surface area (Å²) in [5.41, 5.74) is 5.08. The first-order chi connectivity index (χ1) is 5.65. The zero-order valence-corrected chi connectivity index (χ0v) is 8.52. The van der Waals surface area contributed by atoms with E-state index in [0.717, 1.165) is 12.8 Å². The fourth-order valence-corrected chi connectivity index (χ4v) is 1.58. The number of carbonyl (C=O) groups excluding carboxylic acids is 1. The number of amides is 1. The van der Waals surface area contributed by atoms with E-state index in [0.29, 0.717) is 0 Å². The van der Waals surface area contributed by atoms with Crippen molar-refractivity contribution in [3.05, 3.63) is 0 Å². The molecule has 2 N–H and O–H groups in total. The molecule has 1 fully saturated rings. The van der Waals surface area contributed by atoms with E-state index in [1.165, 1.54) is 19.3 Å². The van der Waals surface area contributed by atoms with Crippen LogP contribution in [-0.4, -0.2) is 5.91 Å². The van der Waals surface area contributed by atoms with Crippen LogP contribution in [0.1, 0.15) is 52.9 Å². The maximum Gasteiger partial charge on any atom is 0.223 e. The van der Waals surface area contributed by atoms with Crippen molar-refractivity contribution < 1.29 is 4.79 Å². The molecular formula is C10H21NO. The summed E-state index contributed by atoms with van der Waals surface area (Å²) in [6, 6.07) is 0. The Morgan fingerprint density at radius 2 is 1.58 bits per heavy atom. The van der Waals surface area contributed by atoms with Crippen molar-refractivity contribution in [3.63, 3.8) is 0 Å². The van der Waals surface area contributed by atoms with E-state index in [1.807, 2.05) is 20.8 Å². The van der Waals surface area contributed by atoms with Gasteiger partial charge in [0.1, 0.15) is 0 Å². The van der Waals surface area contributed by atoms with Crippen molar-refractivity contribution in [2.24, 2.45) is 11.1 Å². The summed E-state index contributed by atoms with van der Waals surface area (Å²) in [5.74, 6) is -0.118. The summed E-state index contributed by atoms with van der Waals surface area (Å²) in [7, 11) is 0. The Balaban J connectivity index is 0.000000561. The Morgan fingerprint density at radius 1 is 1.17 bits per heavy atom. The monoisotopic (exact) mass is 171 g/mol. The highest BCUT2D eigenvalue weighted by molar-refractivity contribution is 5.80. The number of hydrogen-bond donors (Lipinski definition) is 1. The summed E-state index contributed by atoms with van der Waals surface area (Å²) < 4.78 is 0. The molecule has 12 heavy (non-hydrogen) atoms. The molecule has 1 aliphatic rings. The van der Waals surface area contributed by atoms with Crippen molar-refractivity contribution in [1.29, 1.82) is 0 Å². The number of hydrogen-bond acceptors (Lipinski definition) is 1. The summed E-state index contributed by atoms with van der Waals surface area (Å²) in [6.45, 7) is 5.98. The van der Waals surface area contributed by atoms with E-state index < -0.39 is 0 Å². The third kappa shape index (κ3) is 2.84. The minimum Gasteiger partial charge on any atom is -0.369 e. The molecule has 1 amide bonds. The molecule has 0 aliphatic heterocycles. The molecule has 1 rings (SSSR count). The van der Waals surface area contributed by atoms with Gasteiger partial charge in [0.05, 0.1) is 0 Å². The molecule has 0 aromatic carbocycles. The summed E-state index contributed by atoms with van der Waals surface area (Å²) in [5, 5.41) is 0. The average Bonchev–Trinajstić information content (AvgIpc) is 2.09. The molecule has 0 aromatic heterocycles. The average molecular weight is 171 g/mol. The van der Waals surface area contributed by atoms with E-state index >= 15 is 0 Å². The molecule has 0 saturated heterocycles. The van der Waals surface area contributed by atoms with Gasteiger partial charge >= 0.3 is 0 Å². The smallest absolute Gasteiger partial charge is 0.223 e. The van der Waals surface area contributed by atoms with Crippen molar-refractivity contribution >= 4 is 5.91 Å². The minimum absolute atomic E-state index is 0.118. The Bertz CT molecular complexity index is 137. The maximum atomic E-state index is 10.9. The largest absolute Gasteiger partial charge is 0.369 e. The first-order valence-corrected chi connectivity index (χ1v) is 4.95. The zero-order valence-electron chi connectivity index (χ0n) is 8.52. The lowest BCUT2D eigenvalue weighted by Crippen LogP contribution is -2.35. The van der Waals surface area contributed by atoms with Crippen LogP contribution in [-0.2, 0) is 4.79 Å². The van der Waals surface area contributed by atoms with E-state index in [-0.39, 0.29) is 11.3 Å². The molecule has 2 nitrogen and oxygen atoms in total. The normalized spacial score (nSPS) is 20.6. The third-order valence-corrected chi connectivity index (χ3v) is 2.55. The van der Waals surface area contributed by atoms with Crippen molar-refractivity contribution in [1.82, 2.24) is 0 Å². The predicted molar refractivity (Wildman–Crippen MR) is 51.7 cm³/mol. The van der Waals surface area contributed by atoms with Gasteiger partial charge in [-0.25, -0.2) is 0 Å². The molecule has 1 aliphatic carbocycles. The van der Waals surface area contributed by atoms with Crippen molar-refractivity contribution in [2.75, 3.05) is 0 Å². The molecule has 0 heterocycles. The van der Waals surface area contributed by atoms with Crippen LogP contribution in [0, 0.1) is 5.41 Å². The number of nitrogens with two attached hydrogens (primary N) is 1. The van der Waals surface area contributed by atoms with Gasteiger partial charge in [-0.1, -0.05) is 40.0 Å². The van der Waals surface area contributed by atoms with Gasteiger partial charge in [-0.15, -0.1) is 0 Å². The second-order valence-electron chi connectivity index (χ2n) is 3.49. The van der Waals surface area contributed by atoms with E-state index in [9.17, 15) is 4.79 Å². The standard InChI is InChI=1S/C8H15NO.C2H6/c1-8(7(9)10)5-3-2-4-6-8;1-2/h2-6H2,1H3,(H2,9,10);1-2H3. The van der Waals surface area contributed by atoms with Gasteiger partial charge in [-0.3, -0.25) is 4.79 Å². The van der Waals surface area contributed by atoms with Gasteiger partial charge < -0.3 is 5.73 Å². The third-order valence-electron chi connectivity index (χ3n) is 2.55. The maximum absolute atomic E-state index is 10.9. The summed E-state index contributed by atoms with van der Waals surface area (Å²) >= 11 is 0. The van der Waals surface area contributed by atoms with Gasteiger partial charge in [0.15, 0.2) is 0 Å². The topological polar surface area (TPSA) is 43.1 Å². The number of carbonyl (C=O) groups is 1. The van der Waals surface area contributed by atoms with Crippen molar-refractivity contribution in [3.8, 4) is 0 Å². The van der Waals surface area contributed by atoms with Crippen molar-refractivity contribution in [2.45, 2.75) is 52.9 Å². The molecule has 0 aromatic rings. The van der Waals surface area contributed by atoms with Crippen LogP contribution in [0.3, 0.4) is 0 Å². The Morgan fingerprint density at radius 3 is 1.83 bits per heavy atom. The van der Waals surface area contributed by atoms with Crippen LogP contribution in [0.5, 0.6) is 0 Å². The molecule has 0 bridgehead atoms. The Labute approximate surface area is 75.5 Å². The van der Waals surface area contributed by atoms with Gasteiger partial charge in [0.2, 0.25) is 5.91 Å². The minimum atomic E-state index is -0.182. The highest BCUT2D eigenvalue weighted by Gasteiger charge is 2.32. The fraction of sp³-hybridized carbons (Fsp3) is 0.900. The number of primary amides is 1. The van der Waals surface area contributed by atoms with Gasteiger partial charge in [0.25, 0.3) is 0 Å². The Kier molecular flexibility index (Phi) is 4.95. The highest BCUT2D eigenvalue weighted by Crippen LogP contribution is 2.34. The van der Waals surface area contributed by atoms with Crippen LogP contribution in [0.15, 0.2) is 0 Å². The quantitative estimate of drug-likeness (QED) is 0.647. The first kappa shape index (κ1) is 11.5. The zero-order chi connectivity index (χ0) is 9.61. The van der Waals surface area contributed by atoms with E-state index in [4.69, 9.17) is 5.73 Å². The second-order valence-corrected chi connectivity index (χ2v) is 3.49. The Hall–Kier alpha value is -0.530. The summed E-state index contributed by atoms with van der Waals surface area (Å²) in [4.78, 5) is 10.9. The van der Waals surface area contributed by atoms with Crippen LogP contribution in [0.25, 0.3) is 0 Å². The molecule has 2 heteroatoms. The van der Waals surface area contributed by atoms with Crippen LogP contribution in [0.4, 0.5) is 0 Å². The first-order valence-electron chi connectivity index (χ1n) is 4.95. The molecule has 1 saturated carbocycles. The fourth-order valence-electron chi connectivity index (χ4n) is 1.58. The summed E-state index contributed by atoms with van der Waals surface area (Å²) in [6.07, 6.45) is 5.58. The molecule has 72 valence electrons. The van der Waals surface area contributed by atoms with Crippen LogP contribution < -0.4 is 5.73 Å². The number of rotatable bonds is 1. The lowest BCUT2D eigenvalue weighted by Gasteiger charge is -2.29. The molecule has 0 unspecified atom stereocenters.